The predicted molar refractivity (Wildman–Crippen MR) is 107 cm³/mol. The molecule has 0 saturated heterocycles. The van der Waals surface area contributed by atoms with E-state index in [1.165, 1.54) is 5.56 Å². The Balaban J connectivity index is 0.00000441. The van der Waals surface area contributed by atoms with Crippen LogP contribution in [0.5, 0.6) is 0 Å². The number of hydrogen-bond acceptors (Lipinski definition) is 2. The first-order valence-electron chi connectivity index (χ1n) is 7.77. The van der Waals surface area contributed by atoms with Gasteiger partial charge >= 0.3 is 0 Å². The standard InChI is InChI=1S/C17H30N4.HI/c1-14(2)10-11-19-17(18)20-12-15(3)21(4)13-16-8-6-5-7-9-16;/h5-9,14-15H,10-13H2,1-4H3,(H3,18,19,20);1H. The van der Waals surface area contributed by atoms with E-state index in [2.05, 4.69) is 67.3 Å². The van der Waals surface area contributed by atoms with Crippen molar-refractivity contribution in [2.24, 2.45) is 16.6 Å². The highest BCUT2D eigenvalue weighted by Crippen LogP contribution is 2.06. The Morgan fingerprint density at radius 1 is 1.23 bits per heavy atom. The highest BCUT2D eigenvalue weighted by molar-refractivity contribution is 14.0. The zero-order chi connectivity index (χ0) is 15.7. The van der Waals surface area contributed by atoms with E-state index in [1.54, 1.807) is 0 Å². The zero-order valence-corrected chi connectivity index (χ0v) is 16.6. The molecule has 0 radical (unpaired) electrons. The first-order chi connectivity index (χ1) is 9.99. The van der Waals surface area contributed by atoms with E-state index in [4.69, 9.17) is 5.73 Å². The van der Waals surface area contributed by atoms with Crippen LogP contribution in [0.25, 0.3) is 0 Å². The van der Waals surface area contributed by atoms with Gasteiger partial charge in [-0.1, -0.05) is 44.2 Å². The molecular formula is C17H31IN4. The molecule has 1 atom stereocenters. The minimum atomic E-state index is 0. The third-order valence-corrected chi connectivity index (χ3v) is 3.58. The van der Waals surface area contributed by atoms with Crippen LogP contribution >= 0.6 is 24.0 Å². The van der Waals surface area contributed by atoms with Gasteiger partial charge in [-0.3, -0.25) is 9.89 Å². The molecule has 0 aliphatic rings. The average Bonchev–Trinajstić information content (AvgIpc) is 2.45. The van der Waals surface area contributed by atoms with Gasteiger partial charge in [0.25, 0.3) is 0 Å². The van der Waals surface area contributed by atoms with Crippen molar-refractivity contribution >= 4 is 29.9 Å². The molecule has 1 unspecified atom stereocenters. The number of nitrogens with two attached hydrogens (primary N) is 1. The number of halogens is 1. The van der Waals surface area contributed by atoms with Crippen LogP contribution in [0.3, 0.4) is 0 Å². The molecule has 4 nitrogen and oxygen atoms in total. The molecule has 0 saturated carbocycles. The van der Waals surface area contributed by atoms with Gasteiger partial charge in [0.15, 0.2) is 5.96 Å². The molecule has 0 aliphatic carbocycles. The minimum Gasteiger partial charge on any atom is -0.370 e. The SMILES string of the molecule is CC(C)CCNC(N)=NCC(C)N(C)Cc1ccccc1.I. The van der Waals surface area contributed by atoms with Crippen LogP contribution in [-0.2, 0) is 6.54 Å². The van der Waals surface area contributed by atoms with E-state index < -0.39 is 0 Å². The molecule has 1 aromatic rings. The Hall–Kier alpha value is -0.820. The third-order valence-electron chi connectivity index (χ3n) is 3.58. The fourth-order valence-corrected chi connectivity index (χ4v) is 1.94. The molecule has 22 heavy (non-hydrogen) atoms. The Morgan fingerprint density at radius 3 is 2.45 bits per heavy atom. The molecule has 0 aliphatic heterocycles. The van der Waals surface area contributed by atoms with Gasteiger partial charge < -0.3 is 11.1 Å². The van der Waals surface area contributed by atoms with Crippen LogP contribution in [-0.4, -0.2) is 37.0 Å². The second-order valence-corrected chi connectivity index (χ2v) is 6.08. The van der Waals surface area contributed by atoms with Gasteiger partial charge in [0.1, 0.15) is 0 Å². The topological polar surface area (TPSA) is 53.6 Å². The fraction of sp³-hybridized carbons (Fsp3) is 0.588. The second-order valence-electron chi connectivity index (χ2n) is 6.08. The summed E-state index contributed by atoms with van der Waals surface area (Å²) < 4.78 is 0. The average molecular weight is 418 g/mol. The van der Waals surface area contributed by atoms with Gasteiger partial charge in [-0.05, 0) is 31.9 Å². The van der Waals surface area contributed by atoms with Gasteiger partial charge in [0, 0.05) is 19.1 Å². The predicted octanol–water partition coefficient (Wildman–Crippen LogP) is 3.08. The van der Waals surface area contributed by atoms with Gasteiger partial charge in [-0.25, -0.2) is 0 Å². The Kier molecular flexibility index (Phi) is 11.3. The van der Waals surface area contributed by atoms with E-state index in [0.717, 1.165) is 19.5 Å². The van der Waals surface area contributed by atoms with Gasteiger partial charge in [0.2, 0.25) is 0 Å². The van der Waals surface area contributed by atoms with Crippen molar-refractivity contribution in [1.29, 1.82) is 0 Å². The lowest BCUT2D eigenvalue weighted by atomic mass is 10.1. The molecule has 5 heteroatoms. The summed E-state index contributed by atoms with van der Waals surface area (Å²) in [7, 11) is 2.12. The lowest BCUT2D eigenvalue weighted by molar-refractivity contribution is 0.255. The Morgan fingerprint density at radius 2 is 1.86 bits per heavy atom. The first-order valence-corrected chi connectivity index (χ1v) is 7.77. The molecule has 0 aromatic heterocycles. The number of likely N-dealkylation sites (N-methyl/N-ethyl adjacent to an activating group) is 1. The summed E-state index contributed by atoms with van der Waals surface area (Å²) in [4.78, 5) is 6.72. The summed E-state index contributed by atoms with van der Waals surface area (Å²) in [5.41, 5.74) is 7.20. The summed E-state index contributed by atoms with van der Waals surface area (Å²) in [6, 6.07) is 10.8. The van der Waals surface area contributed by atoms with Crippen molar-refractivity contribution in [3.63, 3.8) is 0 Å². The van der Waals surface area contributed by atoms with Gasteiger partial charge in [-0.2, -0.15) is 0 Å². The minimum absolute atomic E-state index is 0. The molecule has 3 N–H and O–H groups in total. The molecule has 126 valence electrons. The lowest BCUT2D eigenvalue weighted by Crippen LogP contribution is -2.36. The third kappa shape index (κ3) is 9.25. The number of rotatable bonds is 8. The maximum Gasteiger partial charge on any atom is 0.188 e. The van der Waals surface area contributed by atoms with Crippen LogP contribution in [0.4, 0.5) is 0 Å². The molecule has 0 heterocycles. The van der Waals surface area contributed by atoms with Crippen molar-refractivity contribution in [1.82, 2.24) is 10.2 Å². The normalized spacial score (nSPS) is 13.1. The van der Waals surface area contributed by atoms with E-state index in [9.17, 15) is 0 Å². The number of benzene rings is 1. The van der Waals surface area contributed by atoms with Crippen LogP contribution in [0.1, 0.15) is 32.8 Å². The van der Waals surface area contributed by atoms with Crippen molar-refractivity contribution in [2.45, 2.75) is 39.8 Å². The van der Waals surface area contributed by atoms with Crippen molar-refractivity contribution in [3.05, 3.63) is 35.9 Å². The van der Waals surface area contributed by atoms with Crippen molar-refractivity contribution in [3.8, 4) is 0 Å². The van der Waals surface area contributed by atoms with Crippen LogP contribution in [0, 0.1) is 5.92 Å². The molecule has 0 fully saturated rings. The van der Waals surface area contributed by atoms with Crippen LogP contribution in [0.2, 0.25) is 0 Å². The number of nitrogens with one attached hydrogen (secondary N) is 1. The number of guanidine groups is 1. The van der Waals surface area contributed by atoms with E-state index in [0.29, 0.717) is 24.5 Å². The summed E-state index contributed by atoms with van der Waals surface area (Å²) in [5, 5.41) is 3.17. The highest BCUT2D eigenvalue weighted by Gasteiger charge is 2.09. The molecule has 0 spiro atoms. The zero-order valence-electron chi connectivity index (χ0n) is 14.2. The van der Waals surface area contributed by atoms with Crippen molar-refractivity contribution in [2.75, 3.05) is 20.1 Å². The summed E-state index contributed by atoms with van der Waals surface area (Å²) in [5.74, 6) is 1.23. The molecule has 1 aromatic carbocycles. The first kappa shape index (κ1) is 21.2. The molecule has 0 bridgehead atoms. The summed E-state index contributed by atoms with van der Waals surface area (Å²) in [6.07, 6.45) is 1.11. The number of aliphatic imine (C=N–C) groups is 1. The van der Waals surface area contributed by atoms with E-state index in [1.807, 2.05) is 6.07 Å². The van der Waals surface area contributed by atoms with Crippen molar-refractivity contribution < 1.29 is 0 Å². The summed E-state index contributed by atoms with van der Waals surface area (Å²) >= 11 is 0. The smallest absolute Gasteiger partial charge is 0.188 e. The van der Waals surface area contributed by atoms with Crippen LogP contribution < -0.4 is 11.1 Å². The van der Waals surface area contributed by atoms with E-state index in [-0.39, 0.29) is 24.0 Å². The lowest BCUT2D eigenvalue weighted by Gasteiger charge is -2.23. The number of nitrogens with zero attached hydrogens (tertiary/aromatic N) is 2. The maximum atomic E-state index is 5.88. The molecule has 0 amide bonds. The van der Waals surface area contributed by atoms with E-state index >= 15 is 0 Å². The fourth-order valence-electron chi connectivity index (χ4n) is 1.94. The van der Waals surface area contributed by atoms with Gasteiger partial charge in [0.05, 0.1) is 6.54 Å². The second kappa shape index (κ2) is 11.7. The Bertz CT molecular complexity index is 420. The highest BCUT2D eigenvalue weighted by atomic mass is 127. The largest absolute Gasteiger partial charge is 0.370 e. The Labute approximate surface area is 152 Å². The van der Waals surface area contributed by atoms with Gasteiger partial charge in [-0.15, -0.1) is 24.0 Å². The summed E-state index contributed by atoms with van der Waals surface area (Å²) in [6.45, 7) is 9.11. The quantitative estimate of drug-likeness (QED) is 0.388. The number of hydrogen-bond donors (Lipinski definition) is 2. The van der Waals surface area contributed by atoms with Crippen LogP contribution in [0.15, 0.2) is 35.3 Å². The molecular weight excluding hydrogens is 387 g/mol. The maximum absolute atomic E-state index is 5.88. The monoisotopic (exact) mass is 418 g/mol. The molecule has 1 rings (SSSR count).